The molecule has 0 spiro atoms. The lowest BCUT2D eigenvalue weighted by Crippen LogP contribution is -2.01. The number of ketones is 1. The number of hydrogen-bond donors (Lipinski definition) is 1. The average molecular weight is 356 g/mol. The molecule has 0 heterocycles. The standard InChI is InChI=1S/C22H16N2O3/c25-20(13-11-16-7-3-1-4-8-16)19-15-18(12-14-21(26)22(19)27)24-23-17-9-5-2-6-10-17/h1-15H,(H,26,27)/b13-11+,24-23?. The molecule has 3 aromatic rings. The van der Waals surface area contributed by atoms with E-state index in [0.717, 1.165) is 11.6 Å². The van der Waals surface area contributed by atoms with Crippen LogP contribution in [0.3, 0.4) is 0 Å². The van der Waals surface area contributed by atoms with Crippen LogP contribution in [0.4, 0.5) is 11.4 Å². The van der Waals surface area contributed by atoms with Crippen molar-refractivity contribution in [2.24, 2.45) is 10.2 Å². The van der Waals surface area contributed by atoms with Gasteiger partial charge in [0.15, 0.2) is 11.5 Å². The SMILES string of the molecule is O=C(/C=C/c1ccccc1)c1cc(N=Nc2ccccc2)ccc(=O)c1O. The number of rotatable bonds is 5. The summed E-state index contributed by atoms with van der Waals surface area (Å²) in [6.07, 6.45) is 2.92. The lowest BCUT2D eigenvalue weighted by atomic mass is 10.1. The predicted octanol–water partition coefficient (Wildman–Crippen LogP) is 5.06. The van der Waals surface area contributed by atoms with Gasteiger partial charge in [-0.15, -0.1) is 0 Å². The summed E-state index contributed by atoms with van der Waals surface area (Å²) in [4.78, 5) is 24.4. The van der Waals surface area contributed by atoms with Gasteiger partial charge in [0, 0.05) is 0 Å². The quantitative estimate of drug-likeness (QED) is 0.394. The van der Waals surface area contributed by atoms with Gasteiger partial charge in [0.2, 0.25) is 5.43 Å². The minimum Gasteiger partial charge on any atom is -0.504 e. The summed E-state index contributed by atoms with van der Waals surface area (Å²) < 4.78 is 0. The summed E-state index contributed by atoms with van der Waals surface area (Å²) in [5.74, 6) is -1.11. The first-order chi connectivity index (χ1) is 13.1. The van der Waals surface area contributed by atoms with E-state index in [1.54, 1.807) is 18.2 Å². The third-order valence-electron chi connectivity index (χ3n) is 3.72. The van der Waals surface area contributed by atoms with E-state index in [1.807, 2.05) is 48.5 Å². The molecule has 5 nitrogen and oxygen atoms in total. The molecule has 0 saturated carbocycles. The molecule has 27 heavy (non-hydrogen) atoms. The topological polar surface area (TPSA) is 79.1 Å². The second-order valence-electron chi connectivity index (χ2n) is 5.67. The van der Waals surface area contributed by atoms with Gasteiger partial charge in [-0.2, -0.15) is 10.2 Å². The second kappa shape index (κ2) is 8.49. The van der Waals surface area contributed by atoms with Gasteiger partial charge in [-0.3, -0.25) is 9.59 Å². The number of carbonyl (C=O) groups excluding carboxylic acids is 1. The van der Waals surface area contributed by atoms with Crippen LogP contribution in [-0.2, 0) is 0 Å². The first-order valence-corrected chi connectivity index (χ1v) is 8.25. The Morgan fingerprint density at radius 1 is 0.815 bits per heavy atom. The van der Waals surface area contributed by atoms with Crippen LogP contribution in [0.1, 0.15) is 15.9 Å². The van der Waals surface area contributed by atoms with Gasteiger partial charge in [-0.05, 0) is 42.0 Å². The fourth-order valence-electron chi connectivity index (χ4n) is 2.32. The molecule has 0 bridgehead atoms. The van der Waals surface area contributed by atoms with Crippen LogP contribution in [0, 0.1) is 0 Å². The minimum absolute atomic E-state index is 0.126. The zero-order chi connectivity index (χ0) is 19.1. The third-order valence-corrected chi connectivity index (χ3v) is 3.72. The van der Waals surface area contributed by atoms with E-state index < -0.39 is 17.0 Å². The van der Waals surface area contributed by atoms with Gasteiger partial charge in [0.25, 0.3) is 0 Å². The summed E-state index contributed by atoms with van der Waals surface area (Å²) in [5.41, 5.74) is 0.962. The van der Waals surface area contributed by atoms with Crippen molar-refractivity contribution < 1.29 is 9.90 Å². The van der Waals surface area contributed by atoms with Gasteiger partial charge in [0.05, 0.1) is 16.9 Å². The Bertz CT molecular complexity index is 1060. The number of hydrogen-bond acceptors (Lipinski definition) is 5. The molecule has 3 rings (SSSR count). The van der Waals surface area contributed by atoms with E-state index in [2.05, 4.69) is 10.2 Å². The van der Waals surface area contributed by atoms with Crippen LogP contribution >= 0.6 is 0 Å². The highest BCUT2D eigenvalue weighted by Gasteiger charge is 2.11. The largest absolute Gasteiger partial charge is 0.504 e. The predicted molar refractivity (Wildman–Crippen MR) is 105 cm³/mol. The van der Waals surface area contributed by atoms with E-state index >= 15 is 0 Å². The molecule has 0 unspecified atom stereocenters. The molecule has 0 aliphatic carbocycles. The molecule has 0 aromatic heterocycles. The first kappa shape index (κ1) is 17.9. The van der Waals surface area contributed by atoms with E-state index in [0.29, 0.717) is 5.69 Å². The van der Waals surface area contributed by atoms with Crippen LogP contribution in [0.2, 0.25) is 0 Å². The highest BCUT2D eigenvalue weighted by atomic mass is 16.3. The van der Waals surface area contributed by atoms with Gasteiger partial charge in [0.1, 0.15) is 0 Å². The molecule has 0 amide bonds. The number of aromatic hydroxyl groups is 1. The van der Waals surface area contributed by atoms with Crippen LogP contribution in [0.5, 0.6) is 5.75 Å². The molecule has 132 valence electrons. The van der Waals surface area contributed by atoms with Crippen molar-refractivity contribution in [3.05, 3.63) is 106 Å². The molecular formula is C22H16N2O3. The Kier molecular flexibility index (Phi) is 5.64. The molecule has 0 radical (unpaired) electrons. The van der Waals surface area contributed by atoms with Crippen molar-refractivity contribution in [3.63, 3.8) is 0 Å². The molecule has 1 N–H and O–H groups in total. The van der Waals surface area contributed by atoms with E-state index in [1.165, 1.54) is 18.2 Å². The van der Waals surface area contributed by atoms with Crippen LogP contribution in [-0.4, -0.2) is 10.9 Å². The number of carbonyl (C=O) groups is 1. The van der Waals surface area contributed by atoms with Gasteiger partial charge >= 0.3 is 0 Å². The van der Waals surface area contributed by atoms with Gasteiger partial charge in [-0.1, -0.05) is 54.6 Å². The normalized spacial score (nSPS) is 11.1. The van der Waals surface area contributed by atoms with Gasteiger partial charge < -0.3 is 5.11 Å². The van der Waals surface area contributed by atoms with Crippen LogP contribution in [0.25, 0.3) is 6.08 Å². The van der Waals surface area contributed by atoms with Gasteiger partial charge in [-0.25, -0.2) is 0 Å². The third kappa shape index (κ3) is 4.83. The maximum atomic E-state index is 12.5. The molecular weight excluding hydrogens is 340 g/mol. The average Bonchev–Trinajstić information content (AvgIpc) is 2.85. The maximum Gasteiger partial charge on any atom is 0.220 e. The number of azo groups is 1. The zero-order valence-electron chi connectivity index (χ0n) is 14.3. The summed E-state index contributed by atoms with van der Waals surface area (Å²) >= 11 is 0. The minimum atomic E-state index is -0.660. The van der Waals surface area contributed by atoms with E-state index in [9.17, 15) is 14.7 Å². The summed E-state index contributed by atoms with van der Waals surface area (Å²) in [5, 5.41) is 18.2. The van der Waals surface area contributed by atoms with Crippen molar-refractivity contribution in [1.29, 1.82) is 0 Å². The summed E-state index contributed by atoms with van der Waals surface area (Å²) in [7, 11) is 0. The fraction of sp³-hybridized carbons (Fsp3) is 0. The molecule has 0 saturated heterocycles. The molecule has 0 aliphatic rings. The second-order valence-corrected chi connectivity index (χ2v) is 5.67. The van der Waals surface area contributed by atoms with E-state index in [-0.39, 0.29) is 11.3 Å². The summed E-state index contributed by atoms with van der Waals surface area (Å²) in [6.45, 7) is 0. The van der Waals surface area contributed by atoms with Crippen molar-refractivity contribution in [2.75, 3.05) is 0 Å². The van der Waals surface area contributed by atoms with Crippen LogP contribution in [0.15, 0.2) is 100.0 Å². The maximum absolute atomic E-state index is 12.5. The van der Waals surface area contributed by atoms with Crippen molar-refractivity contribution >= 4 is 23.2 Å². The Balaban J connectivity index is 1.94. The Hall–Kier alpha value is -3.86. The molecule has 5 heteroatoms. The number of allylic oxidation sites excluding steroid dienone is 1. The summed E-state index contributed by atoms with van der Waals surface area (Å²) in [6, 6.07) is 22.2. The van der Waals surface area contributed by atoms with Crippen molar-refractivity contribution in [2.45, 2.75) is 0 Å². The molecule has 0 fully saturated rings. The monoisotopic (exact) mass is 356 g/mol. The zero-order valence-corrected chi connectivity index (χ0v) is 14.3. The fourth-order valence-corrected chi connectivity index (χ4v) is 2.32. The number of nitrogens with zero attached hydrogens (tertiary/aromatic N) is 2. The lowest BCUT2D eigenvalue weighted by molar-refractivity contribution is 0.104. The van der Waals surface area contributed by atoms with Crippen LogP contribution < -0.4 is 5.43 Å². The Morgan fingerprint density at radius 2 is 1.44 bits per heavy atom. The smallest absolute Gasteiger partial charge is 0.220 e. The Morgan fingerprint density at radius 3 is 2.15 bits per heavy atom. The van der Waals surface area contributed by atoms with E-state index in [4.69, 9.17) is 0 Å². The molecule has 3 aromatic carbocycles. The highest BCUT2D eigenvalue weighted by molar-refractivity contribution is 6.08. The number of benzene rings is 2. The molecule has 0 aliphatic heterocycles. The molecule has 0 atom stereocenters. The highest BCUT2D eigenvalue weighted by Crippen LogP contribution is 2.21. The Labute approximate surface area is 156 Å². The van der Waals surface area contributed by atoms with Crippen molar-refractivity contribution in [3.8, 4) is 5.75 Å². The first-order valence-electron chi connectivity index (χ1n) is 8.25. The lowest BCUT2D eigenvalue weighted by Gasteiger charge is -1.97. The van der Waals surface area contributed by atoms with Crippen molar-refractivity contribution in [1.82, 2.24) is 0 Å².